The second kappa shape index (κ2) is 5.52. The third-order valence-corrected chi connectivity index (χ3v) is 5.66. The Balaban J connectivity index is 1.94. The van der Waals surface area contributed by atoms with E-state index >= 15 is 0 Å². The SMILES string of the molecule is CNc1nc(C2CC3CCC2C3)nc(COC)c1I. The summed E-state index contributed by atoms with van der Waals surface area (Å²) in [6.45, 7) is 0.559. The van der Waals surface area contributed by atoms with Crippen LogP contribution in [0.15, 0.2) is 0 Å². The minimum atomic E-state index is 0.559. The van der Waals surface area contributed by atoms with E-state index in [4.69, 9.17) is 14.7 Å². The summed E-state index contributed by atoms with van der Waals surface area (Å²) in [5.74, 6) is 4.27. The van der Waals surface area contributed by atoms with Gasteiger partial charge in [-0.15, -0.1) is 0 Å². The van der Waals surface area contributed by atoms with Crippen LogP contribution in [0, 0.1) is 15.4 Å². The van der Waals surface area contributed by atoms with E-state index in [1.807, 2.05) is 7.05 Å². The molecule has 2 aliphatic rings. The van der Waals surface area contributed by atoms with Gasteiger partial charge in [0.05, 0.1) is 15.9 Å². The lowest BCUT2D eigenvalue weighted by Crippen LogP contribution is -2.16. The van der Waals surface area contributed by atoms with Crippen LogP contribution in [-0.2, 0) is 11.3 Å². The lowest BCUT2D eigenvalue weighted by Gasteiger charge is -2.22. The van der Waals surface area contributed by atoms with Crippen LogP contribution >= 0.6 is 22.6 Å². The van der Waals surface area contributed by atoms with E-state index in [9.17, 15) is 0 Å². The van der Waals surface area contributed by atoms with Crippen molar-refractivity contribution in [2.45, 2.75) is 38.2 Å². The molecule has 1 aromatic rings. The van der Waals surface area contributed by atoms with E-state index in [2.05, 4.69) is 27.9 Å². The fourth-order valence-electron chi connectivity index (χ4n) is 3.64. The zero-order valence-corrected chi connectivity index (χ0v) is 13.6. The third-order valence-electron chi connectivity index (χ3n) is 4.52. The first-order valence-corrected chi connectivity index (χ1v) is 8.03. The van der Waals surface area contributed by atoms with Crippen molar-refractivity contribution in [2.75, 3.05) is 19.5 Å². The second-order valence-corrected chi connectivity index (χ2v) is 6.73. The second-order valence-electron chi connectivity index (χ2n) is 5.66. The fourth-order valence-corrected chi connectivity index (χ4v) is 4.30. The first-order valence-electron chi connectivity index (χ1n) is 6.96. The number of rotatable bonds is 4. The van der Waals surface area contributed by atoms with Gasteiger partial charge in [-0.1, -0.05) is 6.42 Å². The molecule has 0 amide bonds. The molecule has 0 aromatic carbocycles. The number of ether oxygens (including phenoxy) is 1. The minimum absolute atomic E-state index is 0.559. The molecule has 104 valence electrons. The molecule has 3 unspecified atom stereocenters. The molecule has 0 saturated heterocycles. The molecule has 3 rings (SSSR count). The highest BCUT2D eigenvalue weighted by molar-refractivity contribution is 14.1. The first kappa shape index (κ1) is 13.5. The molecule has 4 nitrogen and oxygen atoms in total. The molecule has 3 atom stereocenters. The highest BCUT2D eigenvalue weighted by Crippen LogP contribution is 2.52. The van der Waals surface area contributed by atoms with Gasteiger partial charge in [0.15, 0.2) is 0 Å². The van der Waals surface area contributed by atoms with Gasteiger partial charge in [-0.05, 0) is 53.7 Å². The van der Waals surface area contributed by atoms with E-state index in [0.717, 1.165) is 32.7 Å². The Bertz CT molecular complexity index is 480. The molecule has 5 heteroatoms. The standard InChI is InChI=1S/C14H20IN3O/c1-16-14-12(15)11(7-19-2)17-13(18-14)10-6-8-3-4-9(10)5-8/h8-10H,3-7H2,1-2H3,(H,16,17,18). The number of nitrogens with one attached hydrogen (secondary N) is 1. The van der Waals surface area contributed by atoms with Crippen LogP contribution in [-0.4, -0.2) is 24.1 Å². The summed E-state index contributed by atoms with van der Waals surface area (Å²) >= 11 is 2.30. The number of hydrogen-bond donors (Lipinski definition) is 1. The predicted molar refractivity (Wildman–Crippen MR) is 83.2 cm³/mol. The van der Waals surface area contributed by atoms with Gasteiger partial charge < -0.3 is 10.1 Å². The Morgan fingerprint density at radius 1 is 1.32 bits per heavy atom. The van der Waals surface area contributed by atoms with Crippen LogP contribution in [0.4, 0.5) is 5.82 Å². The van der Waals surface area contributed by atoms with Crippen molar-refractivity contribution >= 4 is 28.4 Å². The maximum Gasteiger partial charge on any atom is 0.143 e. The Morgan fingerprint density at radius 2 is 2.16 bits per heavy atom. The first-order chi connectivity index (χ1) is 9.22. The summed E-state index contributed by atoms with van der Waals surface area (Å²) in [5.41, 5.74) is 1.01. The molecule has 2 aliphatic carbocycles. The maximum atomic E-state index is 5.26. The summed E-state index contributed by atoms with van der Waals surface area (Å²) in [7, 11) is 3.64. The number of aromatic nitrogens is 2. The molecule has 0 radical (unpaired) electrons. The van der Waals surface area contributed by atoms with E-state index in [1.54, 1.807) is 7.11 Å². The Morgan fingerprint density at radius 3 is 2.74 bits per heavy atom. The van der Waals surface area contributed by atoms with Gasteiger partial charge in [0.2, 0.25) is 0 Å². The molecule has 1 aromatic heterocycles. The number of fused-ring (bicyclic) bond motifs is 2. The topological polar surface area (TPSA) is 47.0 Å². The van der Waals surface area contributed by atoms with E-state index in [-0.39, 0.29) is 0 Å². The largest absolute Gasteiger partial charge is 0.378 e. The molecule has 2 fully saturated rings. The van der Waals surface area contributed by atoms with Crippen LogP contribution in [0.2, 0.25) is 0 Å². The van der Waals surface area contributed by atoms with Crippen molar-refractivity contribution in [3.63, 3.8) is 0 Å². The molecule has 1 N–H and O–H groups in total. The zero-order chi connectivity index (χ0) is 13.4. The number of methoxy groups -OCH3 is 1. The summed E-state index contributed by atoms with van der Waals surface area (Å²) in [6, 6.07) is 0. The number of hydrogen-bond acceptors (Lipinski definition) is 4. The molecular weight excluding hydrogens is 353 g/mol. The van der Waals surface area contributed by atoms with Crippen LogP contribution in [0.5, 0.6) is 0 Å². The van der Waals surface area contributed by atoms with Gasteiger partial charge in [-0.3, -0.25) is 0 Å². The molecule has 0 spiro atoms. The van der Waals surface area contributed by atoms with Gasteiger partial charge in [0.1, 0.15) is 11.6 Å². The molecular formula is C14H20IN3O. The van der Waals surface area contributed by atoms with Gasteiger partial charge in [0.25, 0.3) is 0 Å². The van der Waals surface area contributed by atoms with Crippen molar-refractivity contribution in [1.29, 1.82) is 0 Å². The number of nitrogens with zero attached hydrogens (tertiary/aromatic N) is 2. The smallest absolute Gasteiger partial charge is 0.143 e. The van der Waals surface area contributed by atoms with Gasteiger partial charge in [-0.2, -0.15) is 0 Å². The minimum Gasteiger partial charge on any atom is -0.378 e. The number of halogens is 1. The van der Waals surface area contributed by atoms with E-state index in [1.165, 1.54) is 25.7 Å². The van der Waals surface area contributed by atoms with Gasteiger partial charge >= 0.3 is 0 Å². The fraction of sp³-hybridized carbons (Fsp3) is 0.714. The van der Waals surface area contributed by atoms with Crippen LogP contribution < -0.4 is 5.32 Å². The summed E-state index contributed by atoms with van der Waals surface area (Å²) in [4.78, 5) is 9.54. The summed E-state index contributed by atoms with van der Waals surface area (Å²) in [5, 5.41) is 3.19. The van der Waals surface area contributed by atoms with Gasteiger partial charge in [0, 0.05) is 20.1 Å². The molecule has 1 heterocycles. The highest BCUT2D eigenvalue weighted by atomic mass is 127. The maximum absolute atomic E-state index is 5.26. The average molecular weight is 373 g/mol. The molecule has 2 saturated carbocycles. The summed E-state index contributed by atoms with van der Waals surface area (Å²) in [6.07, 6.45) is 5.43. The van der Waals surface area contributed by atoms with E-state index in [0.29, 0.717) is 12.5 Å². The van der Waals surface area contributed by atoms with Crippen LogP contribution in [0.25, 0.3) is 0 Å². The van der Waals surface area contributed by atoms with E-state index < -0.39 is 0 Å². The Hall–Kier alpha value is -0.430. The lowest BCUT2D eigenvalue weighted by atomic mass is 9.88. The number of anilines is 1. The zero-order valence-electron chi connectivity index (χ0n) is 11.4. The van der Waals surface area contributed by atoms with Crippen LogP contribution in [0.1, 0.15) is 43.1 Å². The monoisotopic (exact) mass is 373 g/mol. The Labute approximate surface area is 127 Å². The van der Waals surface area contributed by atoms with Crippen LogP contribution in [0.3, 0.4) is 0 Å². The van der Waals surface area contributed by atoms with Gasteiger partial charge in [-0.25, -0.2) is 9.97 Å². The van der Waals surface area contributed by atoms with Crippen molar-refractivity contribution < 1.29 is 4.74 Å². The lowest BCUT2D eigenvalue weighted by molar-refractivity contribution is 0.180. The molecule has 0 aliphatic heterocycles. The third kappa shape index (κ3) is 2.46. The Kier molecular flexibility index (Phi) is 3.93. The highest BCUT2D eigenvalue weighted by Gasteiger charge is 2.41. The average Bonchev–Trinajstić information content (AvgIpc) is 3.03. The van der Waals surface area contributed by atoms with Crippen molar-refractivity contribution in [1.82, 2.24) is 9.97 Å². The predicted octanol–water partition coefficient (Wildman–Crippen LogP) is 3.17. The van der Waals surface area contributed by atoms with Crippen molar-refractivity contribution in [3.8, 4) is 0 Å². The molecule has 19 heavy (non-hydrogen) atoms. The summed E-state index contributed by atoms with van der Waals surface area (Å²) < 4.78 is 6.34. The normalized spacial score (nSPS) is 28.9. The van der Waals surface area contributed by atoms with Crippen molar-refractivity contribution in [3.05, 3.63) is 15.1 Å². The van der Waals surface area contributed by atoms with Crippen molar-refractivity contribution in [2.24, 2.45) is 11.8 Å². The molecule has 2 bridgehead atoms. The quantitative estimate of drug-likeness (QED) is 0.824.